The Labute approximate surface area is 336 Å². The van der Waals surface area contributed by atoms with Crippen LogP contribution < -0.4 is 5.32 Å². The van der Waals surface area contributed by atoms with Crippen LogP contribution in [0.4, 0.5) is 0 Å². The highest BCUT2D eigenvalue weighted by Gasteiger charge is 2.24. The smallest absolute Gasteiger partial charge is 0.306 e. The van der Waals surface area contributed by atoms with Crippen LogP contribution >= 0.6 is 0 Å². The van der Waals surface area contributed by atoms with Crippen molar-refractivity contribution in [2.24, 2.45) is 0 Å². The first kappa shape index (κ1) is 52.6. The summed E-state index contributed by atoms with van der Waals surface area (Å²) in [5.41, 5.74) is 0. The molecule has 3 atom stereocenters. The van der Waals surface area contributed by atoms with Crippen molar-refractivity contribution < 1.29 is 24.5 Å². The molecule has 0 spiro atoms. The second-order valence-corrected chi connectivity index (χ2v) is 16.5. The minimum Gasteiger partial charge on any atom is -0.462 e. The summed E-state index contributed by atoms with van der Waals surface area (Å²) in [5, 5.41) is 23.7. The summed E-state index contributed by atoms with van der Waals surface area (Å²) in [6, 6.07) is -0.696. The largest absolute Gasteiger partial charge is 0.462 e. The van der Waals surface area contributed by atoms with Gasteiger partial charge in [-0.3, -0.25) is 9.59 Å². The Hall–Kier alpha value is -1.40. The average molecular weight is 764 g/mol. The number of rotatable bonds is 43. The number of hydrogen-bond acceptors (Lipinski definition) is 5. The van der Waals surface area contributed by atoms with E-state index in [0.29, 0.717) is 19.3 Å². The lowest BCUT2D eigenvalue weighted by Crippen LogP contribution is -2.46. The molecule has 3 N–H and O–H groups in total. The number of carbonyl (C=O) groups is 2. The van der Waals surface area contributed by atoms with Gasteiger partial charge in [0.05, 0.1) is 25.2 Å². The van der Waals surface area contributed by atoms with Gasteiger partial charge in [0.15, 0.2) is 0 Å². The van der Waals surface area contributed by atoms with Gasteiger partial charge in [0.2, 0.25) is 5.91 Å². The van der Waals surface area contributed by atoms with Gasteiger partial charge in [-0.15, -0.1) is 0 Å². The maximum absolute atomic E-state index is 13.1. The van der Waals surface area contributed by atoms with E-state index in [4.69, 9.17) is 4.74 Å². The molecule has 0 aromatic heterocycles. The number of esters is 1. The number of allylic oxidation sites excluding steroid dienone is 2. The summed E-state index contributed by atoms with van der Waals surface area (Å²) in [7, 11) is 0. The molecule has 1 amide bonds. The van der Waals surface area contributed by atoms with Gasteiger partial charge < -0.3 is 20.3 Å². The molecule has 0 aromatic rings. The first-order valence-corrected chi connectivity index (χ1v) is 23.9. The predicted molar refractivity (Wildman–Crippen MR) is 232 cm³/mol. The number of ether oxygens (including phenoxy) is 1. The van der Waals surface area contributed by atoms with Crippen molar-refractivity contribution in [2.45, 2.75) is 277 Å². The molecule has 0 radical (unpaired) electrons. The monoisotopic (exact) mass is 764 g/mol. The van der Waals surface area contributed by atoms with Gasteiger partial charge in [-0.05, 0) is 51.4 Å². The summed E-state index contributed by atoms with van der Waals surface area (Å²) in [4.78, 5) is 26.0. The van der Waals surface area contributed by atoms with Crippen LogP contribution in [0.2, 0.25) is 0 Å². The number of nitrogens with one attached hydrogen (secondary N) is 1. The van der Waals surface area contributed by atoms with E-state index in [1.165, 1.54) is 161 Å². The molecule has 0 aliphatic heterocycles. The van der Waals surface area contributed by atoms with Crippen LogP contribution in [-0.4, -0.2) is 46.9 Å². The SMILES string of the molecule is CCCCCCCC/C=C\CCCCCC(=O)OC(CCCCCCCCCCC)CC(=O)NC(CO)C(O)CCCCCCCCCCCCCCC. The van der Waals surface area contributed by atoms with E-state index in [9.17, 15) is 19.8 Å². The van der Waals surface area contributed by atoms with Gasteiger partial charge in [-0.2, -0.15) is 0 Å². The number of unbranched alkanes of at least 4 members (excludes halogenated alkanes) is 29. The average Bonchev–Trinajstić information content (AvgIpc) is 3.16. The molecule has 0 bridgehead atoms. The predicted octanol–water partition coefficient (Wildman–Crippen LogP) is 13.8. The van der Waals surface area contributed by atoms with Crippen LogP contribution in [0.1, 0.15) is 258 Å². The molecule has 320 valence electrons. The first-order valence-electron chi connectivity index (χ1n) is 23.9. The van der Waals surface area contributed by atoms with E-state index in [1.54, 1.807) is 0 Å². The Kier molecular flexibility index (Phi) is 41.6. The van der Waals surface area contributed by atoms with Crippen molar-refractivity contribution in [3.63, 3.8) is 0 Å². The Morgan fingerprint density at radius 2 is 0.889 bits per heavy atom. The topological polar surface area (TPSA) is 95.9 Å². The zero-order valence-electron chi connectivity index (χ0n) is 36.4. The molecule has 0 saturated heterocycles. The lowest BCUT2D eigenvalue weighted by Gasteiger charge is -2.24. The summed E-state index contributed by atoms with van der Waals surface area (Å²) in [6.07, 6.45) is 45.6. The van der Waals surface area contributed by atoms with E-state index >= 15 is 0 Å². The third kappa shape index (κ3) is 37.5. The summed E-state index contributed by atoms with van der Waals surface area (Å²) in [5.74, 6) is -0.483. The number of amides is 1. The fraction of sp³-hybridized carbons (Fsp3) is 0.917. The summed E-state index contributed by atoms with van der Waals surface area (Å²) >= 11 is 0. The Balaban J connectivity index is 4.50. The Bertz CT molecular complexity index is 817. The van der Waals surface area contributed by atoms with E-state index in [2.05, 4.69) is 38.2 Å². The second-order valence-electron chi connectivity index (χ2n) is 16.5. The maximum atomic E-state index is 13.1. The zero-order chi connectivity index (χ0) is 39.6. The van der Waals surface area contributed by atoms with Gasteiger partial charge in [0, 0.05) is 6.42 Å². The fourth-order valence-corrected chi connectivity index (χ4v) is 7.43. The highest BCUT2D eigenvalue weighted by Crippen LogP contribution is 2.18. The van der Waals surface area contributed by atoms with Crippen molar-refractivity contribution in [1.29, 1.82) is 0 Å². The molecule has 6 heteroatoms. The number of aliphatic hydroxyl groups excluding tert-OH is 2. The first-order chi connectivity index (χ1) is 26.5. The molecular formula is C48H93NO5. The minimum atomic E-state index is -0.782. The molecule has 0 rings (SSSR count). The van der Waals surface area contributed by atoms with E-state index in [-0.39, 0.29) is 24.9 Å². The van der Waals surface area contributed by atoms with E-state index in [1.807, 2.05) is 0 Å². The number of carbonyl (C=O) groups excluding carboxylic acids is 2. The third-order valence-electron chi connectivity index (χ3n) is 11.1. The van der Waals surface area contributed by atoms with Gasteiger partial charge in [-0.1, -0.05) is 206 Å². The Morgan fingerprint density at radius 3 is 1.31 bits per heavy atom. The molecular weight excluding hydrogens is 671 g/mol. The van der Waals surface area contributed by atoms with Crippen LogP contribution in [0.15, 0.2) is 12.2 Å². The van der Waals surface area contributed by atoms with Gasteiger partial charge in [0.1, 0.15) is 6.10 Å². The van der Waals surface area contributed by atoms with Gasteiger partial charge in [-0.25, -0.2) is 0 Å². The number of hydrogen-bond donors (Lipinski definition) is 3. The van der Waals surface area contributed by atoms with Gasteiger partial charge >= 0.3 is 5.97 Å². The van der Waals surface area contributed by atoms with Crippen LogP contribution in [0.3, 0.4) is 0 Å². The van der Waals surface area contributed by atoms with Crippen LogP contribution in [-0.2, 0) is 14.3 Å². The second kappa shape index (κ2) is 42.7. The third-order valence-corrected chi connectivity index (χ3v) is 11.1. The fourth-order valence-electron chi connectivity index (χ4n) is 7.43. The van der Waals surface area contributed by atoms with Crippen molar-refractivity contribution in [3.05, 3.63) is 12.2 Å². The molecule has 54 heavy (non-hydrogen) atoms. The lowest BCUT2D eigenvalue weighted by molar-refractivity contribution is -0.151. The van der Waals surface area contributed by atoms with Crippen molar-refractivity contribution in [1.82, 2.24) is 5.32 Å². The minimum absolute atomic E-state index is 0.0775. The lowest BCUT2D eigenvalue weighted by atomic mass is 10.0. The van der Waals surface area contributed by atoms with Crippen LogP contribution in [0, 0.1) is 0 Å². The van der Waals surface area contributed by atoms with Crippen LogP contribution in [0.5, 0.6) is 0 Å². The van der Waals surface area contributed by atoms with E-state index < -0.39 is 18.2 Å². The summed E-state index contributed by atoms with van der Waals surface area (Å²) in [6.45, 7) is 6.46. The quantitative estimate of drug-likeness (QED) is 0.0326. The normalized spacial score (nSPS) is 13.4. The summed E-state index contributed by atoms with van der Waals surface area (Å²) < 4.78 is 5.89. The Morgan fingerprint density at radius 1 is 0.519 bits per heavy atom. The van der Waals surface area contributed by atoms with Gasteiger partial charge in [0.25, 0.3) is 0 Å². The molecule has 6 nitrogen and oxygen atoms in total. The standard InChI is InChI=1S/C48H93NO5/c1-4-7-10-13-16-19-21-23-25-28-31-34-37-40-46(51)45(43-50)49-47(52)42-44(39-36-33-30-27-18-15-12-9-6-3)54-48(53)41-38-35-32-29-26-24-22-20-17-14-11-8-5-2/h24,26,44-46,50-51H,4-23,25,27-43H2,1-3H3,(H,49,52)/b26-24-. The van der Waals surface area contributed by atoms with Crippen LogP contribution in [0.25, 0.3) is 0 Å². The molecule has 0 fully saturated rings. The highest BCUT2D eigenvalue weighted by atomic mass is 16.5. The zero-order valence-corrected chi connectivity index (χ0v) is 36.4. The number of aliphatic hydroxyl groups is 2. The molecule has 3 unspecified atom stereocenters. The van der Waals surface area contributed by atoms with Crippen molar-refractivity contribution >= 4 is 11.9 Å². The molecule has 0 aromatic carbocycles. The molecule has 0 heterocycles. The molecule has 0 saturated carbocycles. The maximum Gasteiger partial charge on any atom is 0.306 e. The van der Waals surface area contributed by atoms with Crippen molar-refractivity contribution in [3.8, 4) is 0 Å². The molecule has 0 aliphatic rings. The van der Waals surface area contributed by atoms with Crippen molar-refractivity contribution in [2.75, 3.05) is 6.61 Å². The highest BCUT2D eigenvalue weighted by molar-refractivity contribution is 5.77. The molecule has 0 aliphatic carbocycles. The van der Waals surface area contributed by atoms with E-state index in [0.717, 1.165) is 51.4 Å².